The van der Waals surface area contributed by atoms with Gasteiger partial charge in [0.2, 0.25) is 0 Å². The molecule has 5 heteroatoms. The van der Waals surface area contributed by atoms with Crippen molar-refractivity contribution in [2.45, 2.75) is 6.42 Å². The smallest absolute Gasteiger partial charge is 0.196 e. The molecule has 0 bridgehead atoms. The molecule has 0 spiro atoms. The molecule has 5 nitrogen and oxygen atoms in total. The van der Waals surface area contributed by atoms with E-state index in [-0.39, 0.29) is 0 Å². The summed E-state index contributed by atoms with van der Waals surface area (Å²) in [4.78, 5) is 10.1. The fraction of sp³-hybridized carbons (Fsp3) is 0.333. The summed E-state index contributed by atoms with van der Waals surface area (Å²) in [5, 5.41) is 4.38. The molecule has 0 radical (unpaired) electrons. The van der Waals surface area contributed by atoms with E-state index in [9.17, 15) is 0 Å². The average molecular weight is 271 g/mol. The Morgan fingerprint density at radius 3 is 2.90 bits per heavy atom. The van der Waals surface area contributed by atoms with Crippen LogP contribution in [0.2, 0.25) is 0 Å². The number of aromatic nitrogens is 2. The number of nitrogens with one attached hydrogen (secondary N) is 2. The average Bonchev–Trinajstić information content (AvgIpc) is 2.83. The Kier molecular flexibility index (Phi) is 3.52. The van der Waals surface area contributed by atoms with Gasteiger partial charge in [0.15, 0.2) is 11.4 Å². The van der Waals surface area contributed by atoms with E-state index in [2.05, 4.69) is 29.4 Å². The van der Waals surface area contributed by atoms with Gasteiger partial charge in [0.1, 0.15) is 17.4 Å². The van der Waals surface area contributed by atoms with E-state index in [1.165, 1.54) is 4.90 Å². The first-order valence-corrected chi connectivity index (χ1v) is 6.91. The van der Waals surface area contributed by atoms with Crippen LogP contribution in [-0.4, -0.2) is 37.2 Å². The van der Waals surface area contributed by atoms with E-state index in [1.807, 2.05) is 24.3 Å². The van der Waals surface area contributed by atoms with Crippen LogP contribution in [0.3, 0.4) is 0 Å². The lowest BCUT2D eigenvalue weighted by Gasteiger charge is -2.08. The van der Waals surface area contributed by atoms with Gasteiger partial charge >= 0.3 is 0 Å². The molecule has 3 rings (SSSR count). The van der Waals surface area contributed by atoms with E-state index >= 15 is 0 Å². The topological polar surface area (TPSA) is 55.4 Å². The number of quaternary nitrogens is 1. The van der Waals surface area contributed by atoms with E-state index in [0.29, 0.717) is 0 Å². The van der Waals surface area contributed by atoms with Gasteiger partial charge in [-0.3, -0.25) is 0 Å². The van der Waals surface area contributed by atoms with Gasteiger partial charge in [-0.15, -0.1) is 0 Å². The number of benzene rings is 1. The summed E-state index contributed by atoms with van der Waals surface area (Å²) < 4.78 is 5.87. The lowest BCUT2D eigenvalue weighted by molar-refractivity contribution is -0.858. The summed E-state index contributed by atoms with van der Waals surface area (Å²) in [6.45, 7) is 2.01. The fourth-order valence-electron chi connectivity index (χ4n) is 2.30. The van der Waals surface area contributed by atoms with Crippen LogP contribution in [-0.2, 0) is 0 Å². The molecule has 0 amide bonds. The first-order valence-electron chi connectivity index (χ1n) is 6.91. The van der Waals surface area contributed by atoms with Crippen molar-refractivity contribution >= 4 is 27.9 Å². The zero-order valence-corrected chi connectivity index (χ0v) is 11.8. The summed E-state index contributed by atoms with van der Waals surface area (Å²) in [6, 6.07) is 7.93. The van der Waals surface area contributed by atoms with Crippen molar-refractivity contribution in [3.8, 4) is 0 Å². The SMILES string of the molecule is C[NH+](C)CCCNc1ncnc2c1oc1ccccc12. The third-order valence-electron chi connectivity index (χ3n) is 3.30. The molecule has 0 saturated heterocycles. The Morgan fingerprint density at radius 1 is 1.20 bits per heavy atom. The number of para-hydroxylation sites is 1. The van der Waals surface area contributed by atoms with Gasteiger partial charge in [-0.25, -0.2) is 9.97 Å². The predicted molar refractivity (Wildman–Crippen MR) is 80.1 cm³/mol. The van der Waals surface area contributed by atoms with Crippen LogP contribution in [0.15, 0.2) is 35.0 Å². The Morgan fingerprint density at radius 2 is 2.05 bits per heavy atom. The van der Waals surface area contributed by atoms with Gasteiger partial charge in [-0.05, 0) is 12.1 Å². The minimum absolute atomic E-state index is 0.742. The highest BCUT2D eigenvalue weighted by Crippen LogP contribution is 2.30. The predicted octanol–water partition coefficient (Wildman–Crippen LogP) is 1.32. The molecule has 0 fully saturated rings. The zero-order valence-electron chi connectivity index (χ0n) is 11.8. The number of hydrogen-bond acceptors (Lipinski definition) is 4. The first-order chi connectivity index (χ1) is 9.75. The molecule has 1 aromatic carbocycles. The minimum Gasteiger partial charge on any atom is -0.450 e. The third-order valence-corrected chi connectivity index (χ3v) is 3.30. The Balaban J connectivity index is 1.87. The molecule has 0 atom stereocenters. The Bertz CT molecular complexity index is 720. The maximum atomic E-state index is 5.87. The molecule has 0 saturated carbocycles. The summed E-state index contributed by atoms with van der Waals surface area (Å²) >= 11 is 0. The number of hydrogen-bond donors (Lipinski definition) is 2. The maximum absolute atomic E-state index is 5.87. The molecular formula is C15H19N4O+. The van der Waals surface area contributed by atoms with E-state index in [0.717, 1.165) is 47.4 Å². The molecule has 104 valence electrons. The van der Waals surface area contributed by atoms with Gasteiger partial charge in [0.25, 0.3) is 0 Å². The molecule has 2 heterocycles. The lowest BCUT2D eigenvalue weighted by atomic mass is 10.2. The molecule has 0 aliphatic carbocycles. The molecule has 0 unspecified atom stereocenters. The molecular weight excluding hydrogens is 252 g/mol. The van der Waals surface area contributed by atoms with Crippen LogP contribution in [0.25, 0.3) is 22.1 Å². The standard InChI is InChI=1S/C15H18N4O/c1-19(2)9-5-8-16-15-14-13(17-10-18-15)11-6-3-4-7-12(11)20-14/h3-4,6-7,10H,5,8-9H2,1-2H3,(H,16,17,18)/p+1. The zero-order chi connectivity index (χ0) is 13.9. The van der Waals surface area contributed by atoms with Crippen LogP contribution >= 0.6 is 0 Å². The van der Waals surface area contributed by atoms with Crippen molar-refractivity contribution < 1.29 is 9.32 Å². The summed E-state index contributed by atoms with van der Waals surface area (Å²) in [6.07, 6.45) is 2.68. The number of fused-ring (bicyclic) bond motifs is 3. The van der Waals surface area contributed by atoms with Crippen LogP contribution in [0.5, 0.6) is 0 Å². The second-order valence-corrected chi connectivity index (χ2v) is 5.24. The van der Waals surface area contributed by atoms with Gasteiger partial charge in [0.05, 0.1) is 20.6 Å². The van der Waals surface area contributed by atoms with Gasteiger partial charge < -0.3 is 14.6 Å². The largest absolute Gasteiger partial charge is 0.450 e. The third kappa shape index (κ3) is 2.44. The Labute approximate surface area is 117 Å². The molecule has 3 aromatic rings. The molecule has 0 aliphatic rings. The van der Waals surface area contributed by atoms with Crippen molar-refractivity contribution in [1.29, 1.82) is 0 Å². The quantitative estimate of drug-likeness (QED) is 0.687. The van der Waals surface area contributed by atoms with Crippen molar-refractivity contribution in [1.82, 2.24) is 9.97 Å². The molecule has 20 heavy (non-hydrogen) atoms. The molecule has 2 N–H and O–H groups in total. The highest BCUT2D eigenvalue weighted by Gasteiger charge is 2.12. The van der Waals surface area contributed by atoms with Crippen molar-refractivity contribution in [3.63, 3.8) is 0 Å². The van der Waals surface area contributed by atoms with Crippen LogP contribution in [0.4, 0.5) is 5.82 Å². The number of furan rings is 1. The van der Waals surface area contributed by atoms with Gasteiger partial charge in [-0.2, -0.15) is 0 Å². The fourth-order valence-corrected chi connectivity index (χ4v) is 2.30. The Hall–Kier alpha value is -2.14. The van der Waals surface area contributed by atoms with Crippen LogP contribution in [0.1, 0.15) is 6.42 Å². The second-order valence-electron chi connectivity index (χ2n) is 5.24. The highest BCUT2D eigenvalue weighted by molar-refractivity contribution is 6.05. The van der Waals surface area contributed by atoms with E-state index in [4.69, 9.17) is 4.42 Å². The van der Waals surface area contributed by atoms with Gasteiger partial charge in [-0.1, -0.05) is 12.1 Å². The molecule has 0 aliphatic heterocycles. The van der Waals surface area contributed by atoms with Crippen LogP contribution in [0, 0.1) is 0 Å². The number of rotatable bonds is 5. The monoisotopic (exact) mass is 271 g/mol. The van der Waals surface area contributed by atoms with E-state index < -0.39 is 0 Å². The summed E-state index contributed by atoms with van der Waals surface area (Å²) in [7, 11) is 4.31. The number of anilines is 1. The summed E-state index contributed by atoms with van der Waals surface area (Å²) in [5.74, 6) is 0.778. The van der Waals surface area contributed by atoms with Crippen molar-refractivity contribution in [2.75, 3.05) is 32.5 Å². The molecule has 2 aromatic heterocycles. The first kappa shape index (κ1) is 12.9. The van der Waals surface area contributed by atoms with E-state index in [1.54, 1.807) is 6.33 Å². The minimum atomic E-state index is 0.742. The second kappa shape index (κ2) is 5.46. The number of nitrogens with zero attached hydrogens (tertiary/aromatic N) is 2. The lowest BCUT2D eigenvalue weighted by Crippen LogP contribution is -3.05. The maximum Gasteiger partial charge on any atom is 0.196 e. The normalized spacial score (nSPS) is 11.6. The van der Waals surface area contributed by atoms with Gasteiger partial charge in [0, 0.05) is 18.4 Å². The van der Waals surface area contributed by atoms with Crippen molar-refractivity contribution in [3.05, 3.63) is 30.6 Å². The summed E-state index contributed by atoms with van der Waals surface area (Å²) in [5.41, 5.74) is 2.46. The van der Waals surface area contributed by atoms with Crippen LogP contribution < -0.4 is 10.2 Å². The highest BCUT2D eigenvalue weighted by atomic mass is 16.3. The van der Waals surface area contributed by atoms with Crippen molar-refractivity contribution in [2.24, 2.45) is 0 Å².